The van der Waals surface area contributed by atoms with Gasteiger partial charge in [-0.3, -0.25) is 4.79 Å². The SMILES string of the molecule is CCc1ccc2c(c1)C(CCC(=O)O)CN2. The van der Waals surface area contributed by atoms with Gasteiger partial charge in [0, 0.05) is 24.6 Å². The Hall–Kier alpha value is -1.51. The van der Waals surface area contributed by atoms with E-state index in [1.54, 1.807) is 0 Å². The normalized spacial score (nSPS) is 17.9. The molecule has 1 aliphatic rings. The number of aliphatic carboxylic acids is 1. The number of aryl methyl sites for hydroxylation is 1. The lowest BCUT2D eigenvalue weighted by atomic mass is 9.94. The van der Waals surface area contributed by atoms with Crippen molar-refractivity contribution in [3.05, 3.63) is 29.3 Å². The zero-order valence-corrected chi connectivity index (χ0v) is 9.49. The predicted octanol–water partition coefficient (Wildman–Crippen LogP) is 2.62. The van der Waals surface area contributed by atoms with Gasteiger partial charge in [-0.2, -0.15) is 0 Å². The fourth-order valence-corrected chi connectivity index (χ4v) is 2.23. The number of hydrogen-bond donors (Lipinski definition) is 2. The summed E-state index contributed by atoms with van der Waals surface area (Å²) in [6.07, 6.45) is 2.00. The van der Waals surface area contributed by atoms with Gasteiger partial charge in [0.1, 0.15) is 0 Å². The quantitative estimate of drug-likeness (QED) is 0.818. The van der Waals surface area contributed by atoms with Crippen LogP contribution in [0.1, 0.15) is 36.8 Å². The molecule has 2 rings (SSSR count). The highest BCUT2D eigenvalue weighted by Crippen LogP contribution is 2.35. The lowest BCUT2D eigenvalue weighted by Crippen LogP contribution is -2.05. The molecule has 0 radical (unpaired) electrons. The van der Waals surface area contributed by atoms with Gasteiger partial charge in [0.25, 0.3) is 0 Å². The molecule has 1 atom stereocenters. The van der Waals surface area contributed by atoms with E-state index in [1.165, 1.54) is 16.8 Å². The van der Waals surface area contributed by atoms with Crippen molar-refractivity contribution in [2.75, 3.05) is 11.9 Å². The van der Waals surface area contributed by atoms with E-state index in [9.17, 15) is 4.79 Å². The number of nitrogens with one attached hydrogen (secondary N) is 1. The zero-order valence-electron chi connectivity index (χ0n) is 9.49. The highest BCUT2D eigenvalue weighted by atomic mass is 16.4. The van der Waals surface area contributed by atoms with Crippen LogP contribution >= 0.6 is 0 Å². The summed E-state index contributed by atoms with van der Waals surface area (Å²) in [5.74, 6) is -0.349. The van der Waals surface area contributed by atoms with Crippen molar-refractivity contribution >= 4 is 11.7 Å². The molecule has 0 amide bonds. The molecule has 1 aromatic rings. The van der Waals surface area contributed by atoms with Crippen LogP contribution in [0.5, 0.6) is 0 Å². The second kappa shape index (κ2) is 4.56. The van der Waals surface area contributed by atoms with Gasteiger partial charge in [0.05, 0.1) is 0 Å². The average molecular weight is 219 g/mol. The Morgan fingerprint density at radius 1 is 1.56 bits per heavy atom. The molecular formula is C13H17NO2. The Balaban J connectivity index is 2.14. The summed E-state index contributed by atoms with van der Waals surface area (Å²) in [6.45, 7) is 3.01. The maximum absolute atomic E-state index is 10.6. The van der Waals surface area contributed by atoms with Crippen molar-refractivity contribution in [2.45, 2.75) is 32.1 Å². The summed E-state index contributed by atoms with van der Waals surface area (Å²) >= 11 is 0. The number of carboxylic acids is 1. The minimum Gasteiger partial charge on any atom is -0.481 e. The van der Waals surface area contributed by atoms with E-state index in [2.05, 4.69) is 30.4 Å². The van der Waals surface area contributed by atoms with Gasteiger partial charge in [-0.1, -0.05) is 19.1 Å². The van der Waals surface area contributed by atoms with E-state index < -0.39 is 5.97 Å². The first-order chi connectivity index (χ1) is 7.70. The van der Waals surface area contributed by atoms with Crippen LogP contribution in [-0.4, -0.2) is 17.6 Å². The monoisotopic (exact) mass is 219 g/mol. The van der Waals surface area contributed by atoms with Crippen molar-refractivity contribution in [3.8, 4) is 0 Å². The first kappa shape index (κ1) is 11.0. The van der Waals surface area contributed by atoms with E-state index in [-0.39, 0.29) is 6.42 Å². The first-order valence-electron chi connectivity index (χ1n) is 5.79. The second-order valence-corrected chi connectivity index (χ2v) is 4.29. The van der Waals surface area contributed by atoms with Crippen molar-refractivity contribution < 1.29 is 9.90 Å². The molecule has 0 spiro atoms. The van der Waals surface area contributed by atoms with Crippen LogP contribution < -0.4 is 5.32 Å². The minimum absolute atomic E-state index is 0.252. The lowest BCUT2D eigenvalue weighted by Gasteiger charge is -2.09. The average Bonchev–Trinajstić information content (AvgIpc) is 2.68. The smallest absolute Gasteiger partial charge is 0.303 e. The molecule has 0 aliphatic carbocycles. The number of hydrogen-bond acceptors (Lipinski definition) is 2. The molecule has 3 heteroatoms. The molecule has 2 N–H and O–H groups in total. The molecular weight excluding hydrogens is 202 g/mol. The minimum atomic E-state index is -0.708. The number of rotatable bonds is 4. The first-order valence-corrected chi connectivity index (χ1v) is 5.79. The maximum Gasteiger partial charge on any atom is 0.303 e. The third kappa shape index (κ3) is 2.18. The van der Waals surface area contributed by atoms with E-state index in [4.69, 9.17) is 5.11 Å². The summed E-state index contributed by atoms with van der Waals surface area (Å²) in [4.78, 5) is 10.6. The maximum atomic E-state index is 10.6. The van der Waals surface area contributed by atoms with Crippen LogP contribution in [-0.2, 0) is 11.2 Å². The fourth-order valence-electron chi connectivity index (χ4n) is 2.23. The number of carboxylic acid groups (broad SMARTS) is 1. The van der Waals surface area contributed by atoms with Gasteiger partial charge in [-0.05, 0) is 30.0 Å². The molecule has 0 fully saturated rings. The Bertz CT molecular complexity index is 401. The molecule has 0 bridgehead atoms. The van der Waals surface area contributed by atoms with E-state index >= 15 is 0 Å². The van der Waals surface area contributed by atoms with Gasteiger partial charge in [-0.25, -0.2) is 0 Å². The topological polar surface area (TPSA) is 49.3 Å². The highest BCUT2D eigenvalue weighted by Gasteiger charge is 2.22. The van der Waals surface area contributed by atoms with Crippen LogP contribution in [0.15, 0.2) is 18.2 Å². The third-order valence-electron chi connectivity index (χ3n) is 3.21. The van der Waals surface area contributed by atoms with Crippen molar-refractivity contribution in [1.29, 1.82) is 0 Å². The van der Waals surface area contributed by atoms with Crippen LogP contribution in [0.4, 0.5) is 5.69 Å². The number of fused-ring (bicyclic) bond motifs is 1. The number of benzene rings is 1. The molecule has 86 valence electrons. The zero-order chi connectivity index (χ0) is 11.5. The van der Waals surface area contributed by atoms with E-state index in [0.717, 1.165) is 19.4 Å². The fraction of sp³-hybridized carbons (Fsp3) is 0.462. The largest absolute Gasteiger partial charge is 0.481 e. The third-order valence-corrected chi connectivity index (χ3v) is 3.21. The molecule has 16 heavy (non-hydrogen) atoms. The summed E-state index contributed by atoms with van der Waals surface area (Å²) < 4.78 is 0. The Labute approximate surface area is 95.5 Å². The second-order valence-electron chi connectivity index (χ2n) is 4.29. The number of carbonyl (C=O) groups is 1. The van der Waals surface area contributed by atoms with Crippen LogP contribution in [0.25, 0.3) is 0 Å². The Morgan fingerprint density at radius 2 is 2.38 bits per heavy atom. The van der Waals surface area contributed by atoms with Gasteiger partial charge in [-0.15, -0.1) is 0 Å². The van der Waals surface area contributed by atoms with Gasteiger partial charge in [0.15, 0.2) is 0 Å². The summed E-state index contributed by atoms with van der Waals surface area (Å²) in [7, 11) is 0. The van der Waals surface area contributed by atoms with Gasteiger partial charge >= 0.3 is 5.97 Å². The summed E-state index contributed by atoms with van der Waals surface area (Å²) in [5, 5.41) is 12.0. The van der Waals surface area contributed by atoms with Crippen LogP contribution in [0.2, 0.25) is 0 Å². The molecule has 1 aliphatic heterocycles. The Morgan fingerprint density at radius 3 is 3.06 bits per heavy atom. The van der Waals surface area contributed by atoms with Gasteiger partial charge in [0.2, 0.25) is 0 Å². The molecule has 0 saturated carbocycles. The van der Waals surface area contributed by atoms with Crippen LogP contribution in [0, 0.1) is 0 Å². The predicted molar refractivity (Wildman–Crippen MR) is 63.9 cm³/mol. The molecule has 1 heterocycles. The molecule has 3 nitrogen and oxygen atoms in total. The molecule has 1 aromatic carbocycles. The van der Waals surface area contributed by atoms with E-state index in [0.29, 0.717) is 5.92 Å². The van der Waals surface area contributed by atoms with Crippen molar-refractivity contribution in [2.24, 2.45) is 0 Å². The summed E-state index contributed by atoms with van der Waals surface area (Å²) in [6, 6.07) is 6.45. The van der Waals surface area contributed by atoms with Gasteiger partial charge < -0.3 is 10.4 Å². The summed E-state index contributed by atoms with van der Waals surface area (Å²) in [5.41, 5.74) is 3.79. The highest BCUT2D eigenvalue weighted by molar-refractivity contribution is 5.67. The molecule has 0 saturated heterocycles. The molecule has 0 aromatic heterocycles. The molecule has 1 unspecified atom stereocenters. The van der Waals surface area contributed by atoms with Crippen molar-refractivity contribution in [1.82, 2.24) is 0 Å². The van der Waals surface area contributed by atoms with E-state index in [1.807, 2.05) is 0 Å². The number of anilines is 1. The Kier molecular flexibility index (Phi) is 3.13. The standard InChI is InChI=1S/C13H17NO2/c1-2-9-3-5-12-11(7-9)10(8-14-12)4-6-13(15)16/h3,5,7,10,14H,2,4,6,8H2,1H3,(H,15,16). The lowest BCUT2D eigenvalue weighted by molar-refractivity contribution is -0.137. The van der Waals surface area contributed by atoms with Crippen molar-refractivity contribution in [3.63, 3.8) is 0 Å². The van der Waals surface area contributed by atoms with Crippen LogP contribution in [0.3, 0.4) is 0 Å².